The molecule has 8 heteroatoms. The predicted octanol–water partition coefficient (Wildman–Crippen LogP) is 1.12. The van der Waals surface area contributed by atoms with Crippen LogP contribution in [0.3, 0.4) is 0 Å². The molecule has 0 bridgehead atoms. The molecule has 1 aliphatic rings. The topological polar surface area (TPSA) is 73.7 Å². The fourth-order valence-corrected chi connectivity index (χ4v) is 4.26. The van der Waals surface area contributed by atoms with Crippen molar-refractivity contribution in [3.63, 3.8) is 0 Å². The number of aromatic nitrogens is 1. The third-order valence-corrected chi connectivity index (χ3v) is 6.08. The van der Waals surface area contributed by atoms with Gasteiger partial charge in [0.15, 0.2) is 0 Å². The van der Waals surface area contributed by atoms with Gasteiger partial charge in [-0.05, 0) is 32.4 Å². The summed E-state index contributed by atoms with van der Waals surface area (Å²) in [4.78, 5) is 6.20. The molecule has 22 heavy (non-hydrogen) atoms. The van der Waals surface area contributed by atoms with Gasteiger partial charge in [-0.15, -0.1) is 0 Å². The van der Waals surface area contributed by atoms with Gasteiger partial charge in [-0.2, -0.15) is 4.31 Å². The van der Waals surface area contributed by atoms with Crippen LogP contribution in [0.5, 0.6) is 0 Å². The number of hydrogen-bond donors (Lipinski definition) is 1. The van der Waals surface area contributed by atoms with Crippen molar-refractivity contribution in [2.75, 3.05) is 26.2 Å². The number of aliphatic hydroxyl groups excluding tert-OH is 1. The Morgan fingerprint density at radius 3 is 2.73 bits per heavy atom. The summed E-state index contributed by atoms with van der Waals surface area (Å²) in [5, 5.41) is 9.80. The van der Waals surface area contributed by atoms with E-state index in [9.17, 15) is 13.5 Å². The van der Waals surface area contributed by atoms with Crippen LogP contribution in [0.25, 0.3) is 0 Å². The van der Waals surface area contributed by atoms with Crippen molar-refractivity contribution in [2.24, 2.45) is 0 Å². The van der Waals surface area contributed by atoms with E-state index in [1.165, 1.54) is 10.5 Å². The fourth-order valence-electron chi connectivity index (χ4n) is 2.61. The summed E-state index contributed by atoms with van der Waals surface area (Å²) in [6, 6.07) is 1.61. The monoisotopic (exact) mass is 347 g/mol. The molecule has 124 valence electrons. The number of nitrogens with zero attached hydrogens (tertiary/aromatic N) is 3. The van der Waals surface area contributed by atoms with Gasteiger partial charge in [0.05, 0.1) is 6.10 Å². The van der Waals surface area contributed by atoms with Crippen molar-refractivity contribution in [1.82, 2.24) is 14.2 Å². The summed E-state index contributed by atoms with van der Waals surface area (Å²) in [5.74, 6) is 0. The first-order valence-corrected chi connectivity index (χ1v) is 9.08. The molecule has 6 nitrogen and oxygen atoms in total. The Labute approximate surface area is 136 Å². The number of rotatable bonds is 4. The lowest BCUT2D eigenvalue weighted by molar-refractivity contribution is 0.0699. The first-order valence-electron chi connectivity index (χ1n) is 7.26. The molecule has 2 atom stereocenters. The van der Waals surface area contributed by atoms with Gasteiger partial charge in [-0.1, -0.05) is 11.6 Å². The minimum absolute atomic E-state index is 0.0551. The van der Waals surface area contributed by atoms with Gasteiger partial charge < -0.3 is 5.11 Å². The summed E-state index contributed by atoms with van der Waals surface area (Å²) >= 11 is 5.86. The minimum atomic E-state index is -3.56. The Morgan fingerprint density at radius 2 is 2.18 bits per heavy atom. The number of halogens is 1. The van der Waals surface area contributed by atoms with Crippen LogP contribution in [-0.2, 0) is 10.0 Å². The largest absolute Gasteiger partial charge is 0.392 e. The maximum absolute atomic E-state index is 12.7. The number of aliphatic hydroxyl groups is 1. The molecule has 1 aliphatic heterocycles. The van der Waals surface area contributed by atoms with Crippen LogP contribution >= 0.6 is 11.6 Å². The summed E-state index contributed by atoms with van der Waals surface area (Å²) in [5.41, 5.74) is 0.642. The van der Waals surface area contributed by atoms with Crippen molar-refractivity contribution in [1.29, 1.82) is 0 Å². The van der Waals surface area contributed by atoms with Gasteiger partial charge >= 0.3 is 0 Å². The Kier molecular flexibility index (Phi) is 5.45. The Bertz CT molecular complexity index is 636. The second-order valence-electron chi connectivity index (χ2n) is 5.83. The number of sulfonamides is 1. The molecule has 0 aromatic carbocycles. The maximum atomic E-state index is 12.7. The molecule has 1 aromatic rings. The molecule has 0 unspecified atom stereocenters. The van der Waals surface area contributed by atoms with E-state index >= 15 is 0 Å². The number of hydrogen-bond acceptors (Lipinski definition) is 5. The molecule has 1 saturated heterocycles. The van der Waals surface area contributed by atoms with Gasteiger partial charge in [-0.3, -0.25) is 4.90 Å². The molecule has 0 amide bonds. The summed E-state index contributed by atoms with van der Waals surface area (Å²) in [6.07, 6.45) is 0.881. The lowest BCUT2D eigenvalue weighted by Crippen LogP contribution is -2.54. The highest BCUT2D eigenvalue weighted by atomic mass is 35.5. The van der Waals surface area contributed by atoms with E-state index in [2.05, 4.69) is 9.88 Å². The smallest absolute Gasteiger partial charge is 0.244 e. The number of aryl methyl sites for hydroxylation is 1. The highest BCUT2D eigenvalue weighted by Gasteiger charge is 2.32. The Morgan fingerprint density at radius 1 is 1.50 bits per heavy atom. The molecule has 1 fully saturated rings. The summed E-state index contributed by atoms with van der Waals surface area (Å²) < 4.78 is 26.9. The maximum Gasteiger partial charge on any atom is 0.244 e. The third-order valence-electron chi connectivity index (χ3n) is 3.85. The van der Waals surface area contributed by atoms with Gasteiger partial charge in [0.1, 0.15) is 10.0 Å². The molecular weight excluding hydrogens is 326 g/mol. The molecular formula is C14H22ClN3O3S. The van der Waals surface area contributed by atoms with Crippen molar-refractivity contribution in [3.8, 4) is 0 Å². The minimum Gasteiger partial charge on any atom is -0.392 e. The van der Waals surface area contributed by atoms with Crippen LogP contribution in [0, 0.1) is 6.92 Å². The van der Waals surface area contributed by atoms with E-state index < -0.39 is 16.1 Å². The van der Waals surface area contributed by atoms with Crippen LogP contribution in [0.15, 0.2) is 17.2 Å². The van der Waals surface area contributed by atoms with E-state index in [1.54, 1.807) is 19.9 Å². The molecule has 2 heterocycles. The summed E-state index contributed by atoms with van der Waals surface area (Å²) in [7, 11) is -3.56. The first-order chi connectivity index (χ1) is 10.2. The fraction of sp³-hybridized carbons (Fsp3) is 0.643. The normalized spacial score (nSPS) is 22.7. The molecule has 0 radical (unpaired) electrons. The second-order valence-corrected chi connectivity index (χ2v) is 8.13. The van der Waals surface area contributed by atoms with Crippen LogP contribution < -0.4 is 0 Å². The van der Waals surface area contributed by atoms with Crippen molar-refractivity contribution in [3.05, 3.63) is 23.0 Å². The highest BCUT2D eigenvalue weighted by Crippen LogP contribution is 2.22. The standard InChI is InChI=1S/C14H22ClN3O3S/c1-10-6-13(7-16-14(10)15)22(20,21)18-5-4-17(9-12(3)19)11(2)8-18/h6-7,11-12,19H,4-5,8-9H2,1-3H3/t11-,12-/m0/s1. The molecule has 0 spiro atoms. The van der Waals surface area contributed by atoms with E-state index in [0.717, 1.165) is 0 Å². The van der Waals surface area contributed by atoms with Crippen LogP contribution in [0.1, 0.15) is 19.4 Å². The van der Waals surface area contributed by atoms with E-state index in [-0.39, 0.29) is 10.9 Å². The molecule has 1 aromatic heterocycles. The molecule has 2 rings (SSSR count). The van der Waals surface area contributed by atoms with Crippen molar-refractivity contribution >= 4 is 21.6 Å². The first kappa shape index (κ1) is 17.6. The zero-order valence-electron chi connectivity index (χ0n) is 13.0. The second kappa shape index (κ2) is 6.80. The van der Waals surface area contributed by atoms with E-state index in [4.69, 9.17) is 11.6 Å². The highest BCUT2D eigenvalue weighted by molar-refractivity contribution is 7.89. The van der Waals surface area contributed by atoms with Crippen LogP contribution in [0.2, 0.25) is 5.15 Å². The average molecular weight is 348 g/mol. The zero-order chi connectivity index (χ0) is 16.5. The quantitative estimate of drug-likeness (QED) is 0.826. The van der Waals surface area contributed by atoms with Crippen molar-refractivity contribution in [2.45, 2.75) is 37.8 Å². The van der Waals surface area contributed by atoms with Crippen LogP contribution in [-0.4, -0.2) is 66.0 Å². The number of piperazine rings is 1. The van der Waals surface area contributed by atoms with Gasteiger partial charge in [0, 0.05) is 38.4 Å². The van der Waals surface area contributed by atoms with Gasteiger partial charge in [0.25, 0.3) is 0 Å². The average Bonchev–Trinajstić information content (AvgIpc) is 2.43. The van der Waals surface area contributed by atoms with Crippen LogP contribution in [0.4, 0.5) is 0 Å². The van der Waals surface area contributed by atoms with Gasteiger partial charge in [-0.25, -0.2) is 13.4 Å². The van der Waals surface area contributed by atoms with E-state index in [1.807, 2.05) is 6.92 Å². The molecule has 0 saturated carbocycles. The molecule has 1 N–H and O–H groups in total. The number of β-amino-alcohol motifs (C(OH)–C–C–N with tert-alkyl or cyclic N) is 1. The van der Waals surface area contributed by atoms with Crippen molar-refractivity contribution < 1.29 is 13.5 Å². The van der Waals surface area contributed by atoms with E-state index in [0.29, 0.717) is 36.9 Å². The Balaban J connectivity index is 2.16. The third kappa shape index (κ3) is 3.78. The SMILES string of the molecule is Cc1cc(S(=O)(=O)N2CCN(C[C@H](C)O)[C@@H](C)C2)cnc1Cl. The zero-order valence-corrected chi connectivity index (χ0v) is 14.6. The predicted molar refractivity (Wildman–Crippen MR) is 85.5 cm³/mol. The Hall–Kier alpha value is -0.730. The summed E-state index contributed by atoms with van der Waals surface area (Å²) in [6.45, 7) is 7.39. The number of pyridine rings is 1. The molecule has 0 aliphatic carbocycles. The van der Waals surface area contributed by atoms with Gasteiger partial charge in [0.2, 0.25) is 10.0 Å². The lowest BCUT2D eigenvalue weighted by atomic mass is 10.2. The lowest BCUT2D eigenvalue weighted by Gasteiger charge is -2.39.